The number of fused-ring (bicyclic) bond motifs is 1. The first-order chi connectivity index (χ1) is 13.7. The third-order valence-electron chi connectivity index (χ3n) is 4.17. The maximum absolute atomic E-state index is 12.9. The minimum Gasteiger partial charge on any atom is -0.459 e. The van der Waals surface area contributed by atoms with Crippen molar-refractivity contribution >= 4 is 38.9 Å². The van der Waals surface area contributed by atoms with E-state index in [1.807, 2.05) is 22.9 Å². The molecule has 0 atom stereocenters. The molecule has 8 heteroatoms. The van der Waals surface area contributed by atoms with Crippen LogP contribution in [0, 0.1) is 11.3 Å². The number of carbonyl (C=O) groups excluding carboxylic acids is 1. The third kappa shape index (κ3) is 3.45. The van der Waals surface area contributed by atoms with E-state index in [-0.39, 0.29) is 18.7 Å². The summed E-state index contributed by atoms with van der Waals surface area (Å²) in [6.45, 7) is -0.262. The standard InChI is InChI=1S/C20H13N3O3S2/c21-8-13-4-1-2-5-14(13)10-26-17(24)9-23-12-22-19-18(20(23)25)15(11-28-19)16-6-3-7-27-16/h1-7,11-12H,9-10H2. The van der Waals surface area contributed by atoms with Crippen molar-refractivity contribution in [1.82, 2.24) is 9.55 Å². The maximum Gasteiger partial charge on any atom is 0.326 e. The molecule has 28 heavy (non-hydrogen) atoms. The summed E-state index contributed by atoms with van der Waals surface area (Å²) in [5.41, 5.74) is 1.63. The number of hydrogen-bond donors (Lipinski definition) is 0. The Hall–Kier alpha value is -3.28. The zero-order valence-electron chi connectivity index (χ0n) is 14.5. The van der Waals surface area contributed by atoms with Crippen molar-refractivity contribution in [2.24, 2.45) is 0 Å². The van der Waals surface area contributed by atoms with E-state index >= 15 is 0 Å². The van der Waals surface area contributed by atoms with Crippen molar-refractivity contribution in [1.29, 1.82) is 5.26 Å². The molecular formula is C20H13N3O3S2. The molecule has 0 aliphatic rings. The Bertz CT molecular complexity index is 1250. The van der Waals surface area contributed by atoms with Gasteiger partial charge >= 0.3 is 5.97 Å². The van der Waals surface area contributed by atoms with Gasteiger partial charge in [-0.3, -0.25) is 14.2 Å². The van der Waals surface area contributed by atoms with Gasteiger partial charge in [-0.25, -0.2) is 4.98 Å². The summed E-state index contributed by atoms with van der Waals surface area (Å²) >= 11 is 2.95. The van der Waals surface area contributed by atoms with E-state index in [2.05, 4.69) is 11.1 Å². The topological polar surface area (TPSA) is 85.0 Å². The molecule has 0 saturated heterocycles. The van der Waals surface area contributed by atoms with Crippen LogP contribution in [-0.2, 0) is 22.7 Å². The van der Waals surface area contributed by atoms with Crippen LogP contribution in [0.15, 0.2) is 58.3 Å². The van der Waals surface area contributed by atoms with Gasteiger partial charge in [-0.15, -0.1) is 22.7 Å². The number of rotatable bonds is 5. The quantitative estimate of drug-likeness (QED) is 0.470. The lowest BCUT2D eigenvalue weighted by Crippen LogP contribution is -2.25. The fourth-order valence-electron chi connectivity index (χ4n) is 2.79. The molecule has 3 heterocycles. The molecule has 0 saturated carbocycles. The van der Waals surface area contributed by atoms with Gasteiger partial charge in [0.2, 0.25) is 0 Å². The van der Waals surface area contributed by atoms with E-state index in [0.717, 1.165) is 10.4 Å². The van der Waals surface area contributed by atoms with Crippen LogP contribution in [0.25, 0.3) is 20.7 Å². The monoisotopic (exact) mass is 407 g/mol. The van der Waals surface area contributed by atoms with Crippen molar-refractivity contribution in [2.75, 3.05) is 0 Å². The average Bonchev–Trinajstić information content (AvgIpc) is 3.38. The molecule has 3 aromatic heterocycles. The van der Waals surface area contributed by atoms with Gasteiger partial charge in [0.25, 0.3) is 5.56 Å². The summed E-state index contributed by atoms with van der Waals surface area (Å²) < 4.78 is 6.51. The SMILES string of the molecule is N#Cc1ccccc1COC(=O)Cn1cnc2scc(-c3cccs3)c2c1=O. The van der Waals surface area contributed by atoms with Crippen molar-refractivity contribution in [3.63, 3.8) is 0 Å². The molecule has 4 aromatic rings. The van der Waals surface area contributed by atoms with Crippen LogP contribution in [0.3, 0.4) is 0 Å². The van der Waals surface area contributed by atoms with Crippen LogP contribution in [0.4, 0.5) is 0 Å². The molecule has 0 amide bonds. The predicted molar refractivity (Wildman–Crippen MR) is 108 cm³/mol. The Labute approximate surface area is 167 Å². The first-order valence-corrected chi connectivity index (χ1v) is 10.1. The number of nitrogens with zero attached hydrogens (tertiary/aromatic N) is 3. The lowest BCUT2D eigenvalue weighted by molar-refractivity contribution is -0.145. The van der Waals surface area contributed by atoms with E-state index in [4.69, 9.17) is 10.00 Å². The number of nitriles is 1. The zero-order valence-corrected chi connectivity index (χ0v) is 16.1. The van der Waals surface area contributed by atoms with E-state index in [1.54, 1.807) is 35.6 Å². The van der Waals surface area contributed by atoms with Gasteiger partial charge in [-0.2, -0.15) is 5.26 Å². The summed E-state index contributed by atoms with van der Waals surface area (Å²) in [6.07, 6.45) is 1.36. The fourth-order valence-corrected chi connectivity index (χ4v) is 4.51. The molecule has 1 aromatic carbocycles. The Morgan fingerprint density at radius 3 is 2.86 bits per heavy atom. The lowest BCUT2D eigenvalue weighted by Gasteiger charge is -2.08. The molecule has 0 fully saturated rings. The van der Waals surface area contributed by atoms with Gasteiger partial charge < -0.3 is 4.74 Å². The molecule has 138 valence electrons. The summed E-state index contributed by atoms with van der Waals surface area (Å²) in [5, 5.41) is 13.5. The molecule has 0 spiro atoms. The summed E-state index contributed by atoms with van der Waals surface area (Å²) in [6, 6.07) is 12.8. The zero-order chi connectivity index (χ0) is 19.5. The minimum atomic E-state index is -0.566. The van der Waals surface area contributed by atoms with Crippen molar-refractivity contribution in [2.45, 2.75) is 13.2 Å². The number of aromatic nitrogens is 2. The molecule has 0 radical (unpaired) electrons. The minimum absolute atomic E-state index is 0.0219. The summed E-state index contributed by atoms with van der Waals surface area (Å²) in [4.78, 5) is 31.1. The van der Waals surface area contributed by atoms with Gasteiger partial charge in [-0.05, 0) is 17.5 Å². The van der Waals surface area contributed by atoms with Gasteiger partial charge in [0.15, 0.2) is 0 Å². The Morgan fingerprint density at radius 2 is 2.07 bits per heavy atom. The highest BCUT2D eigenvalue weighted by molar-refractivity contribution is 7.18. The highest BCUT2D eigenvalue weighted by atomic mass is 32.1. The van der Waals surface area contributed by atoms with E-state index < -0.39 is 5.97 Å². The van der Waals surface area contributed by atoms with Crippen LogP contribution in [0.1, 0.15) is 11.1 Å². The summed E-state index contributed by atoms with van der Waals surface area (Å²) in [5.74, 6) is -0.566. The second kappa shape index (κ2) is 7.76. The molecule has 0 bridgehead atoms. The molecule has 0 N–H and O–H groups in total. The normalized spacial score (nSPS) is 10.7. The van der Waals surface area contributed by atoms with Crippen LogP contribution < -0.4 is 5.56 Å². The number of esters is 1. The van der Waals surface area contributed by atoms with Gasteiger partial charge in [0.1, 0.15) is 18.0 Å². The maximum atomic E-state index is 12.9. The number of ether oxygens (including phenoxy) is 1. The average molecular weight is 407 g/mol. The first kappa shape index (κ1) is 18.1. The van der Waals surface area contributed by atoms with E-state index in [0.29, 0.717) is 21.3 Å². The Balaban J connectivity index is 1.56. The smallest absolute Gasteiger partial charge is 0.326 e. The highest BCUT2D eigenvalue weighted by Crippen LogP contribution is 2.33. The van der Waals surface area contributed by atoms with Gasteiger partial charge in [0, 0.05) is 21.4 Å². The molecule has 0 aliphatic heterocycles. The second-order valence-corrected chi connectivity index (χ2v) is 7.72. The van der Waals surface area contributed by atoms with Crippen LogP contribution in [0.2, 0.25) is 0 Å². The number of thiophene rings is 2. The van der Waals surface area contributed by atoms with Crippen molar-refractivity contribution < 1.29 is 9.53 Å². The molecule has 0 unspecified atom stereocenters. The van der Waals surface area contributed by atoms with Crippen molar-refractivity contribution in [3.8, 4) is 16.5 Å². The summed E-state index contributed by atoms with van der Waals surface area (Å²) in [7, 11) is 0. The van der Waals surface area contributed by atoms with Crippen LogP contribution in [0.5, 0.6) is 0 Å². The van der Waals surface area contributed by atoms with Crippen molar-refractivity contribution in [3.05, 3.63) is 75.0 Å². The van der Waals surface area contributed by atoms with E-state index in [9.17, 15) is 9.59 Å². The lowest BCUT2D eigenvalue weighted by atomic mass is 10.1. The van der Waals surface area contributed by atoms with E-state index in [1.165, 1.54) is 22.2 Å². The Kier molecular flexibility index (Phi) is 5.02. The van der Waals surface area contributed by atoms with Crippen LogP contribution in [-0.4, -0.2) is 15.5 Å². The molecule has 0 aliphatic carbocycles. The Morgan fingerprint density at radius 1 is 1.21 bits per heavy atom. The molecule has 6 nitrogen and oxygen atoms in total. The van der Waals surface area contributed by atoms with Gasteiger partial charge in [-0.1, -0.05) is 24.3 Å². The highest BCUT2D eigenvalue weighted by Gasteiger charge is 2.16. The largest absolute Gasteiger partial charge is 0.459 e. The number of benzene rings is 1. The first-order valence-electron chi connectivity index (χ1n) is 8.31. The predicted octanol–water partition coefficient (Wildman–Crippen LogP) is 3.80. The number of carbonyl (C=O) groups is 1. The third-order valence-corrected chi connectivity index (χ3v) is 5.96. The second-order valence-electron chi connectivity index (χ2n) is 5.91. The fraction of sp³-hybridized carbons (Fsp3) is 0.100. The van der Waals surface area contributed by atoms with Crippen LogP contribution >= 0.6 is 22.7 Å². The number of hydrogen-bond acceptors (Lipinski definition) is 7. The van der Waals surface area contributed by atoms with Gasteiger partial charge in [0.05, 0.1) is 23.3 Å². The molecule has 4 rings (SSSR count). The molecular weight excluding hydrogens is 394 g/mol.